The highest BCUT2D eigenvalue weighted by Crippen LogP contribution is 2.70. The van der Waals surface area contributed by atoms with Crippen molar-refractivity contribution in [2.24, 2.45) is 52.3 Å². The Bertz CT molecular complexity index is 2450. The molecule has 2 unspecified atom stereocenters. The lowest BCUT2D eigenvalue weighted by Crippen LogP contribution is -2.65. The Morgan fingerprint density at radius 3 is 2.04 bits per heavy atom. The van der Waals surface area contributed by atoms with Crippen molar-refractivity contribution < 1.29 is 95.4 Å². The molecule has 75 heavy (non-hydrogen) atoms. The molecule has 0 aromatic heterocycles. The lowest BCUT2D eigenvalue weighted by Gasteiger charge is -2.60. The Hall–Kier alpha value is -4.07. The van der Waals surface area contributed by atoms with E-state index in [1.807, 2.05) is 5.32 Å². The molecule has 4 aliphatic carbocycles. The number of amides is 2. The zero-order chi connectivity index (χ0) is 53.5. The molecule has 1 spiro atoms. The molecule has 4 heterocycles. The maximum Gasteiger partial charge on any atom is 0.412 e. The molecular weight excluding hydrogens is 997 g/mol. The van der Waals surface area contributed by atoms with Crippen molar-refractivity contribution in [3.63, 3.8) is 0 Å². The number of anilines is 2. The third-order valence-electron chi connectivity index (χ3n) is 18.6. The summed E-state index contributed by atoms with van der Waals surface area (Å²) in [5.74, 6) is -2.98. The SMILES string of the molecule is C[C@@H]1CC[C@@]2(OC1)OC1C[C@H]3[C@@H]4CC[C@H]5C[C@@H](O[C@@H]6O[C@H](CO)[C@@H](O[C@@H]7O[C@H](COC(=O)Nc8ccc(F)cc8F)[C@@H](OC(=O)Nc8ccc(F)cc8F)[C@H](O)[C@H]7O)[C@H](O)[C@H]6O)CC[C@]5(C)[C@H]4C(=O)C[C@]3(C)C1[C@@H]2C. The first-order valence-corrected chi connectivity index (χ1v) is 26.2. The van der Waals surface area contributed by atoms with Gasteiger partial charge in [-0.1, -0.05) is 27.7 Å². The molecule has 22 heteroatoms. The predicted octanol–water partition coefficient (Wildman–Crippen LogP) is 5.69. The molecule has 2 amide bonds. The average Bonchev–Trinajstić information content (AvgIpc) is 3.88. The largest absolute Gasteiger partial charge is 0.446 e. The summed E-state index contributed by atoms with van der Waals surface area (Å²) in [6.45, 7) is 7.98. The molecule has 0 bridgehead atoms. The van der Waals surface area contributed by atoms with Gasteiger partial charge in [-0.2, -0.15) is 0 Å². The molecule has 18 nitrogen and oxygen atoms in total. The van der Waals surface area contributed by atoms with E-state index in [0.717, 1.165) is 56.4 Å². The Labute approximate surface area is 431 Å². The van der Waals surface area contributed by atoms with Crippen LogP contribution >= 0.6 is 0 Å². The van der Waals surface area contributed by atoms with Crippen LogP contribution in [0.3, 0.4) is 0 Å². The second-order valence-electron chi connectivity index (χ2n) is 23.0. The van der Waals surface area contributed by atoms with E-state index < -0.39 is 133 Å². The number of carbonyl (C=O) groups is 3. The molecule has 10 rings (SSSR count). The van der Waals surface area contributed by atoms with Gasteiger partial charge in [0.05, 0.1) is 36.8 Å². The number of nitrogens with one attached hydrogen (secondary N) is 2. The second kappa shape index (κ2) is 21.0. The molecule has 4 saturated carbocycles. The molecule has 4 saturated heterocycles. The molecule has 414 valence electrons. The summed E-state index contributed by atoms with van der Waals surface area (Å²) in [5.41, 5.74) is -1.49. The third kappa shape index (κ3) is 9.97. The van der Waals surface area contributed by atoms with Crippen LogP contribution in [-0.2, 0) is 42.7 Å². The lowest BCUT2D eigenvalue weighted by atomic mass is 9.44. The normalized spacial score (nSPS) is 44.2. The monoisotopic (exact) mass is 1060 g/mol. The molecule has 2 aromatic carbocycles. The van der Waals surface area contributed by atoms with E-state index in [4.69, 9.17) is 37.9 Å². The number of halogens is 4. The van der Waals surface area contributed by atoms with Crippen molar-refractivity contribution in [1.29, 1.82) is 0 Å². The van der Waals surface area contributed by atoms with E-state index in [9.17, 15) is 57.5 Å². The van der Waals surface area contributed by atoms with E-state index in [-0.39, 0.29) is 46.5 Å². The molecule has 22 atom stereocenters. The molecule has 7 N–H and O–H groups in total. The van der Waals surface area contributed by atoms with E-state index in [1.54, 1.807) is 0 Å². The Morgan fingerprint density at radius 1 is 0.760 bits per heavy atom. The van der Waals surface area contributed by atoms with Crippen molar-refractivity contribution in [3.8, 4) is 0 Å². The number of aliphatic hydroxyl groups is 5. The number of Topliss-reactive ketones (excluding diaryl/α,β-unsaturated/α-hetero) is 1. The van der Waals surface area contributed by atoms with Gasteiger partial charge in [0.15, 0.2) is 24.5 Å². The van der Waals surface area contributed by atoms with Crippen LogP contribution in [0.5, 0.6) is 0 Å². The first kappa shape index (κ1) is 54.3. The molecule has 4 aliphatic heterocycles. The van der Waals surface area contributed by atoms with Crippen LogP contribution in [0.1, 0.15) is 85.5 Å². The number of ketones is 1. The van der Waals surface area contributed by atoms with Gasteiger partial charge in [-0.25, -0.2) is 27.2 Å². The quantitative estimate of drug-likeness (QED) is 0.112. The van der Waals surface area contributed by atoms with Gasteiger partial charge in [0.2, 0.25) is 0 Å². The topological polar surface area (TPSA) is 250 Å². The Balaban J connectivity index is 0.778. The van der Waals surface area contributed by atoms with E-state index >= 15 is 0 Å². The average molecular weight is 1070 g/mol. The molecular formula is C53H68F4N2O16. The third-order valence-corrected chi connectivity index (χ3v) is 18.6. The van der Waals surface area contributed by atoms with Gasteiger partial charge < -0.3 is 63.4 Å². The summed E-state index contributed by atoms with van der Waals surface area (Å²) in [4.78, 5) is 40.4. The van der Waals surface area contributed by atoms with Crippen molar-refractivity contribution in [1.82, 2.24) is 0 Å². The van der Waals surface area contributed by atoms with Crippen LogP contribution in [0, 0.1) is 75.5 Å². The van der Waals surface area contributed by atoms with E-state index in [0.29, 0.717) is 62.0 Å². The van der Waals surface area contributed by atoms with Gasteiger partial charge in [-0.15, -0.1) is 0 Å². The minimum Gasteiger partial charge on any atom is -0.446 e. The molecule has 2 aromatic rings. The highest BCUT2D eigenvalue weighted by molar-refractivity contribution is 5.86. The fourth-order valence-electron chi connectivity index (χ4n) is 14.9. The van der Waals surface area contributed by atoms with Gasteiger partial charge >= 0.3 is 12.2 Å². The zero-order valence-corrected chi connectivity index (χ0v) is 42.2. The highest BCUT2D eigenvalue weighted by Gasteiger charge is 2.71. The highest BCUT2D eigenvalue weighted by atomic mass is 19.1. The van der Waals surface area contributed by atoms with E-state index in [1.165, 1.54) is 0 Å². The van der Waals surface area contributed by atoms with Gasteiger partial charge in [0.1, 0.15) is 78.4 Å². The van der Waals surface area contributed by atoms with Gasteiger partial charge in [-0.3, -0.25) is 15.4 Å². The van der Waals surface area contributed by atoms with Crippen LogP contribution in [0.15, 0.2) is 36.4 Å². The summed E-state index contributed by atoms with van der Waals surface area (Å²) in [6.07, 6.45) is -14.4. The minimum absolute atomic E-state index is 0.0552. The number of aliphatic hydroxyl groups excluding tert-OH is 5. The Kier molecular flexibility index (Phi) is 15.2. The summed E-state index contributed by atoms with van der Waals surface area (Å²) < 4.78 is 104. The number of hydrogen-bond acceptors (Lipinski definition) is 16. The number of hydrogen-bond donors (Lipinski definition) is 7. The minimum atomic E-state index is -2.14. The number of fused-ring (bicyclic) bond motifs is 7. The van der Waals surface area contributed by atoms with Gasteiger partial charge in [0.25, 0.3) is 0 Å². The molecule has 0 radical (unpaired) electrons. The Morgan fingerprint density at radius 2 is 1.40 bits per heavy atom. The van der Waals surface area contributed by atoms with Gasteiger partial charge in [0, 0.05) is 36.8 Å². The van der Waals surface area contributed by atoms with Crippen molar-refractivity contribution in [3.05, 3.63) is 59.7 Å². The van der Waals surface area contributed by atoms with Crippen molar-refractivity contribution in [2.75, 3.05) is 30.5 Å². The number of benzene rings is 2. The van der Waals surface area contributed by atoms with Gasteiger partial charge in [-0.05, 0) is 110 Å². The van der Waals surface area contributed by atoms with Crippen LogP contribution in [0.4, 0.5) is 38.5 Å². The zero-order valence-electron chi connectivity index (χ0n) is 42.2. The summed E-state index contributed by atoms with van der Waals surface area (Å²) >= 11 is 0. The number of ether oxygens (including phenoxy) is 8. The molecule has 8 aliphatic rings. The van der Waals surface area contributed by atoms with Crippen molar-refractivity contribution in [2.45, 2.75) is 165 Å². The van der Waals surface area contributed by atoms with Crippen LogP contribution in [-0.4, -0.2) is 143 Å². The standard InChI is InChI=1S/C53H68F4N2O16/c1-23-11-14-53(69-21-23)24(2)39-36(75-53)18-30-29-8-5-25-15-28(12-13-51(25,3)40(29)35(61)19-52(30,39)4)70-47-43(64)41(62)45(37(20-60)71-47)73-48-44(65)42(63)46(74-50(67)59-34-10-7-27(55)17-32(34)57)38(72-48)22-68-49(66)58-33-9-6-26(54)16-31(33)56/h6-7,9-10,16-17,23-25,28-30,36-48,60,62-65H,5,8,11-15,18-22H2,1-4H3,(H,58,66)(H,59,67)/t23-,24+,25+,28+,29+,30+,36?,37-,38-,39?,40-,41-,42-,43-,44-,45-,46-,47-,48+,51+,52+,53-/m1/s1. The molecule has 8 fully saturated rings. The summed E-state index contributed by atoms with van der Waals surface area (Å²) in [6, 6.07) is 4.49. The maximum absolute atomic E-state index is 14.7. The van der Waals surface area contributed by atoms with E-state index in [2.05, 4.69) is 33.0 Å². The van der Waals surface area contributed by atoms with Crippen LogP contribution in [0.2, 0.25) is 0 Å². The second-order valence-corrected chi connectivity index (χ2v) is 23.0. The number of rotatable bonds is 10. The van der Waals surface area contributed by atoms with Crippen LogP contribution in [0.25, 0.3) is 0 Å². The first-order chi connectivity index (χ1) is 35.6. The summed E-state index contributed by atoms with van der Waals surface area (Å²) in [7, 11) is 0. The fraction of sp³-hybridized carbons (Fsp3) is 0.717. The first-order valence-electron chi connectivity index (χ1n) is 26.2. The predicted molar refractivity (Wildman–Crippen MR) is 252 cm³/mol. The maximum atomic E-state index is 14.7. The fourth-order valence-corrected chi connectivity index (χ4v) is 14.9. The smallest absolute Gasteiger partial charge is 0.412 e. The van der Waals surface area contributed by atoms with Crippen molar-refractivity contribution >= 4 is 29.3 Å². The summed E-state index contributed by atoms with van der Waals surface area (Å²) in [5, 5.41) is 60.4. The van der Waals surface area contributed by atoms with Crippen LogP contribution < -0.4 is 10.6 Å². The lowest BCUT2D eigenvalue weighted by molar-refractivity contribution is -0.363. The number of carbonyl (C=O) groups excluding carboxylic acids is 3.